The van der Waals surface area contributed by atoms with Gasteiger partial charge in [0.15, 0.2) is 5.65 Å². The molecule has 1 fully saturated rings. The molecule has 0 radical (unpaired) electrons. The van der Waals surface area contributed by atoms with Gasteiger partial charge in [-0.05, 0) is 43.2 Å². The molecule has 0 aliphatic carbocycles. The molecule has 3 aromatic rings. The summed E-state index contributed by atoms with van der Waals surface area (Å²) in [7, 11) is 0. The Morgan fingerprint density at radius 1 is 1.28 bits per heavy atom. The van der Waals surface area contributed by atoms with E-state index >= 15 is 0 Å². The van der Waals surface area contributed by atoms with Crippen LogP contribution in [0, 0.1) is 6.92 Å². The van der Waals surface area contributed by atoms with E-state index in [1.165, 1.54) is 18.2 Å². The van der Waals surface area contributed by atoms with E-state index in [0.29, 0.717) is 30.0 Å². The second-order valence-corrected chi connectivity index (χ2v) is 7.18. The maximum absolute atomic E-state index is 12.9. The zero-order valence-corrected chi connectivity index (χ0v) is 15.8. The van der Waals surface area contributed by atoms with Gasteiger partial charge < -0.3 is 4.90 Å². The van der Waals surface area contributed by atoms with Gasteiger partial charge in [-0.3, -0.25) is 4.79 Å². The van der Waals surface area contributed by atoms with Crippen molar-refractivity contribution in [2.75, 3.05) is 13.1 Å². The van der Waals surface area contributed by atoms with Gasteiger partial charge >= 0.3 is 6.18 Å². The third kappa shape index (κ3) is 3.50. The van der Waals surface area contributed by atoms with E-state index < -0.39 is 11.7 Å². The van der Waals surface area contributed by atoms with Crippen molar-refractivity contribution >= 4 is 16.9 Å². The third-order valence-corrected chi connectivity index (χ3v) is 5.16. The van der Waals surface area contributed by atoms with Gasteiger partial charge in [-0.1, -0.05) is 18.7 Å². The van der Waals surface area contributed by atoms with E-state index in [0.717, 1.165) is 29.5 Å². The minimum absolute atomic E-state index is 0.0557. The molecule has 4 rings (SSSR count). The molecule has 1 aliphatic heterocycles. The molecule has 150 valence electrons. The van der Waals surface area contributed by atoms with Crippen LogP contribution in [0.3, 0.4) is 0 Å². The quantitative estimate of drug-likeness (QED) is 0.613. The smallest absolute Gasteiger partial charge is 0.337 e. The standard InChI is InChI=1S/C21H19F3N4O/c1-3-18(29)27-9-8-16(12-27)28-20-17(10-13(2)11-25-20)19(26-28)14-4-6-15(7-5-14)21(22,23)24/h3-7,10-11,16H,1,8-9,12H2,2H3. The van der Waals surface area contributed by atoms with Crippen molar-refractivity contribution in [1.29, 1.82) is 0 Å². The summed E-state index contributed by atoms with van der Waals surface area (Å²) in [4.78, 5) is 18.1. The van der Waals surface area contributed by atoms with Crippen LogP contribution in [0.25, 0.3) is 22.3 Å². The van der Waals surface area contributed by atoms with Crippen LogP contribution in [-0.2, 0) is 11.0 Å². The van der Waals surface area contributed by atoms with E-state index in [-0.39, 0.29) is 11.9 Å². The van der Waals surface area contributed by atoms with Gasteiger partial charge in [0.05, 0.1) is 11.6 Å². The van der Waals surface area contributed by atoms with E-state index in [1.54, 1.807) is 15.8 Å². The van der Waals surface area contributed by atoms with Gasteiger partial charge in [-0.25, -0.2) is 9.67 Å². The van der Waals surface area contributed by atoms with Gasteiger partial charge in [-0.2, -0.15) is 18.3 Å². The van der Waals surface area contributed by atoms with Crippen molar-refractivity contribution in [1.82, 2.24) is 19.7 Å². The van der Waals surface area contributed by atoms with Crippen LogP contribution in [0.2, 0.25) is 0 Å². The lowest BCUT2D eigenvalue weighted by Gasteiger charge is -2.14. The average Bonchev–Trinajstić information content (AvgIpc) is 3.31. The molecule has 3 heterocycles. The van der Waals surface area contributed by atoms with Crippen LogP contribution in [0.1, 0.15) is 23.6 Å². The molecule has 0 bridgehead atoms. The van der Waals surface area contributed by atoms with Crippen LogP contribution in [0.5, 0.6) is 0 Å². The van der Waals surface area contributed by atoms with Crippen LogP contribution in [0.15, 0.2) is 49.2 Å². The zero-order chi connectivity index (χ0) is 20.8. The second-order valence-electron chi connectivity index (χ2n) is 7.18. The minimum Gasteiger partial charge on any atom is -0.337 e. The Morgan fingerprint density at radius 3 is 2.66 bits per heavy atom. The maximum Gasteiger partial charge on any atom is 0.416 e. The molecule has 2 aromatic heterocycles. The van der Waals surface area contributed by atoms with Crippen molar-refractivity contribution < 1.29 is 18.0 Å². The van der Waals surface area contributed by atoms with Crippen molar-refractivity contribution in [3.05, 3.63) is 60.3 Å². The number of halogens is 3. The fourth-order valence-corrected chi connectivity index (χ4v) is 3.68. The first-order valence-corrected chi connectivity index (χ1v) is 9.22. The van der Waals surface area contributed by atoms with E-state index in [2.05, 4.69) is 11.6 Å². The Balaban J connectivity index is 1.77. The Morgan fingerprint density at radius 2 is 2.00 bits per heavy atom. The molecule has 1 saturated heterocycles. The lowest BCUT2D eigenvalue weighted by molar-refractivity contribution is -0.137. The largest absolute Gasteiger partial charge is 0.416 e. The number of alkyl halides is 3. The number of carbonyl (C=O) groups excluding carboxylic acids is 1. The third-order valence-electron chi connectivity index (χ3n) is 5.16. The number of fused-ring (bicyclic) bond motifs is 1. The van der Waals surface area contributed by atoms with Gasteiger partial charge in [0.1, 0.15) is 5.69 Å². The average molecular weight is 400 g/mol. The molecule has 29 heavy (non-hydrogen) atoms. The summed E-state index contributed by atoms with van der Waals surface area (Å²) in [5.74, 6) is -0.129. The predicted octanol–water partition coefficient (Wildman–Crippen LogP) is 4.38. The highest BCUT2D eigenvalue weighted by atomic mass is 19.4. The van der Waals surface area contributed by atoms with Gasteiger partial charge in [0.2, 0.25) is 5.91 Å². The highest BCUT2D eigenvalue weighted by molar-refractivity contribution is 5.91. The summed E-state index contributed by atoms with van der Waals surface area (Å²) in [6.07, 6.45) is -0.640. The number of aryl methyl sites for hydroxylation is 1. The van der Waals surface area contributed by atoms with Gasteiger partial charge in [0, 0.05) is 30.2 Å². The summed E-state index contributed by atoms with van der Waals surface area (Å²) in [6.45, 7) is 6.51. The first-order valence-electron chi connectivity index (χ1n) is 9.22. The van der Waals surface area contributed by atoms with Crippen LogP contribution < -0.4 is 0 Å². The number of benzene rings is 1. The number of amides is 1. The molecule has 1 unspecified atom stereocenters. The lowest BCUT2D eigenvalue weighted by atomic mass is 10.1. The lowest BCUT2D eigenvalue weighted by Crippen LogP contribution is -2.27. The van der Waals surface area contributed by atoms with E-state index in [4.69, 9.17) is 5.10 Å². The molecule has 1 atom stereocenters. The first-order chi connectivity index (χ1) is 13.8. The van der Waals surface area contributed by atoms with Crippen LogP contribution >= 0.6 is 0 Å². The predicted molar refractivity (Wildman–Crippen MR) is 103 cm³/mol. The summed E-state index contributed by atoms with van der Waals surface area (Å²) in [5.41, 5.74) is 2.06. The highest BCUT2D eigenvalue weighted by Crippen LogP contribution is 2.34. The molecule has 5 nitrogen and oxygen atoms in total. The van der Waals surface area contributed by atoms with Crippen molar-refractivity contribution in [2.24, 2.45) is 0 Å². The summed E-state index contributed by atoms with van der Waals surface area (Å²) in [5, 5.41) is 5.48. The topological polar surface area (TPSA) is 51.0 Å². The fraction of sp³-hybridized carbons (Fsp3) is 0.286. The van der Waals surface area contributed by atoms with Gasteiger partial charge in [-0.15, -0.1) is 0 Å². The minimum atomic E-state index is -4.39. The fourth-order valence-electron chi connectivity index (χ4n) is 3.68. The Bertz CT molecular complexity index is 1090. The molecule has 8 heteroatoms. The summed E-state index contributed by atoms with van der Waals surface area (Å²) >= 11 is 0. The maximum atomic E-state index is 12.9. The zero-order valence-electron chi connectivity index (χ0n) is 15.8. The number of hydrogen-bond donors (Lipinski definition) is 0. The number of hydrogen-bond acceptors (Lipinski definition) is 3. The van der Waals surface area contributed by atoms with Crippen molar-refractivity contribution in [3.63, 3.8) is 0 Å². The van der Waals surface area contributed by atoms with Crippen LogP contribution in [-0.4, -0.2) is 38.7 Å². The van der Waals surface area contributed by atoms with Crippen molar-refractivity contribution in [2.45, 2.75) is 25.6 Å². The second kappa shape index (κ2) is 7.02. The number of pyridine rings is 1. The van der Waals surface area contributed by atoms with Crippen molar-refractivity contribution in [3.8, 4) is 11.3 Å². The molecular weight excluding hydrogens is 381 g/mol. The normalized spacial score (nSPS) is 17.1. The number of nitrogens with zero attached hydrogens (tertiary/aromatic N) is 4. The molecule has 0 N–H and O–H groups in total. The summed E-state index contributed by atoms with van der Waals surface area (Å²) < 4.78 is 40.5. The number of carbonyl (C=O) groups is 1. The van der Waals surface area contributed by atoms with E-state index in [1.807, 2.05) is 13.0 Å². The molecule has 1 aliphatic rings. The Labute approximate surface area is 165 Å². The molecule has 0 saturated carbocycles. The monoisotopic (exact) mass is 400 g/mol. The Hall–Kier alpha value is -3.16. The van der Waals surface area contributed by atoms with Gasteiger partial charge in [0.25, 0.3) is 0 Å². The van der Waals surface area contributed by atoms with E-state index in [9.17, 15) is 18.0 Å². The van der Waals surface area contributed by atoms with Crippen LogP contribution in [0.4, 0.5) is 13.2 Å². The highest BCUT2D eigenvalue weighted by Gasteiger charge is 2.31. The molecule has 1 aromatic carbocycles. The number of aromatic nitrogens is 3. The first kappa shape index (κ1) is 19.2. The molecular formula is C21H19F3N4O. The number of rotatable bonds is 3. The SMILES string of the molecule is C=CC(=O)N1CCC(n2nc(-c3ccc(C(F)(F)F)cc3)c3cc(C)cnc32)C1. The number of likely N-dealkylation sites (tertiary alicyclic amines) is 1. The Kier molecular flexibility index (Phi) is 4.64. The molecule has 1 amide bonds. The molecule has 0 spiro atoms. The summed E-state index contributed by atoms with van der Waals surface area (Å²) in [6, 6.07) is 6.85.